The highest BCUT2D eigenvalue weighted by atomic mass is 32.2. The number of rotatable bonds is 3. The van der Waals surface area contributed by atoms with Gasteiger partial charge in [0.15, 0.2) is 5.13 Å². The molecule has 0 bridgehead atoms. The molecule has 2 aliphatic heterocycles. The molecule has 0 spiro atoms. The summed E-state index contributed by atoms with van der Waals surface area (Å²) in [6.45, 7) is 11.7. The number of anilines is 2. The van der Waals surface area contributed by atoms with Crippen molar-refractivity contribution in [1.29, 1.82) is 0 Å². The van der Waals surface area contributed by atoms with Crippen molar-refractivity contribution in [3.63, 3.8) is 0 Å². The summed E-state index contributed by atoms with van der Waals surface area (Å²) in [7, 11) is 4.10. The highest BCUT2D eigenvalue weighted by molar-refractivity contribution is 7.99. The Kier molecular flexibility index (Phi) is 13.2. The van der Waals surface area contributed by atoms with Crippen LogP contribution in [0, 0.1) is 0 Å². The second kappa shape index (κ2) is 16.1. The van der Waals surface area contributed by atoms with E-state index < -0.39 is 0 Å². The standard InChI is InChI=1S/C14H9NO2S.C8H13N3S.C3H9N.C2H6/c16-8-9-5-6-13-11(7-9)15-14(17)10-3-1-2-4-12(10)18-13;1-10-3-5-11(6-4-10)8-9-2-7-12-8;1-3-4-2;1-2/h1-8H,(H,15,17);2,7H,3-6H2,1H3;4H,3H2,1-2H3;1-2H3. The molecule has 0 aliphatic carbocycles. The predicted molar refractivity (Wildman–Crippen MR) is 153 cm³/mol. The Labute approximate surface area is 223 Å². The fraction of sp³-hybridized carbons (Fsp3) is 0.370. The van der Waals surface area contributed by atoms with Crippen LogP contribution in [0.4, 0.5) is 10.8 Å². The van der Waals surface area contributed by atoms with E-state index in [0.29, 0.717) is 16.8 Å². The molecule has 36 heavy (non-hydrogen) atoms. The number of likely N-dealkylation sites (N-methyl/N-ethyl adjacent to an activating group) is 1. The second-order valence-corrected chi connectivity index (χ2v) is 9.69. The highest BCUT2D eigenvalue weighted by Gasteiger charge is 2.19. The minimum atomic E-state index is -0.139. The molecule has 9 heteroatoms. The number of nitrogens with zero attached hydrogens (tertiary/aromatic N) is 3. The number of aldehydes is 1. The third-order valence-corrected chi connectivity index (χ3v) is 7.27. The molecule has 1 aromatic heterocycles. The maximum absolute atomic E-state index is 12.1. The lowest BCUT2D eigenvalue weighted by molar-refractivity contribution is 0.102. The fourth-order valence-electron chi connectivity index (χ4n) is 3.23. The van der Waals surface area contributed by atoms with Crippen molar-refractivity contribution < 1.29 is 9.59 Å². The van der Waals surface area contributed by atoms with E-state index in [1.807, 2.05) is 56.7 Å². The SMILES string of the molecule is CC.CCNC.CN1CCN(c2nccs2)CC1.O=Cc1ccc2c(c1)NC(=O)c1ccccc1S2. The summed E-state index contributed by atoms with van der Waals surface area (Å²) in [6.07, 6.45) is 2.65. The molecule has 2 N–H and O–H groups in total. The van der Waals surface area contributed by atoms with E-state index in [2.05, 4.69) is 39.4 Å². The number of aromatic nitrogens is 1. The Bertz CT molecular complexity index is 1070. The van der Waals surface area contributed by atoms with Crippen LogP contribution >= 0.6 is 23.1 Å². The van der Waals surface area contributed by atoms with Gasteiger partial charge in [0, 0.05) is 53.1 Å². The van der Waals surface area contributed by atoms with Crippen LogP contribution in [0.15, 0.2) is 63.8 Å². The first-order valence-electron chi connectivity index (χ1n) is 12.2. The molecule has 3 aromatic rings. The maximum atomic E-state index is 12.1. The summed E-state index contributed by atoms with van der Waals surface area (Å²) >= 11 is 3.25. The minimum absolute atomic E-state index is 0.139. The van der Waals surface area contributed by atoms with Gasteiger partial charge >= 0.3 is 0 Å². The van der Waals surface area contributed by atoms with E-state index in [-0.39, 0.29) is 5.91 Å². The van der Waals surface area contributed by atoms with Crippen LogP contribution in [-0.4, -0.2) is 68.9 Å². The van der Waals surface area contributed by atoms with Crippen LogP contribution in [0.25, 0.3) is 0 Å². The van der Waals surface area contributed by atoms with Gasteiger partial charge in [0.25, 0.3) is 5.91 Å². The minimum Gasteiger partial charge on any atom is -0.346 e. The van der Waals surface area contributed by atoms with E-state index in [1.54, 1.807) is 29.5 Å². The lowest BCUT2D eigenvalue weighted by Gasteiger charge is -2.31. The van der Waals surface area contributed by atoms with Gasteiger partial charge in [-0.3, -0.25) is 9.59 Å². The Hall–Kier alpha value is -2.72. The van der Waals surface area contributed by atoms with Gasteiger partial charge in [0.05, 0.1) is 11.3 Å². The van der Waals surface area contributed by atoms with E-state index in [4.69, 9.17) is 0 Å². The first-order chi connectivity index (χ1) is 17.5. The van der Waals surface area contributed by atoms with Gasteiger partial charge in [-0.1, -0.05) is 50.7 Å². The number of carbonyl (C=O) groups excluding carboxylic acids is 2. The van der Waals surface area contributed by atoms with Gasteiger partial charge in [-0.15, -0.1) is 11.3 Å². The molecule has 2 aromatic carbocycles. The zero-order valence-electron chi connectivity index (χ0n) is 21.8. The topological polar surface area (TPSA) is 77.6 Å². The Morgan fingerprint density at radius 2 is 1.78 bits per heavy atom. The molecule has 0 saturated carbocycles. The van der Waals surface area contributed by atoms with Gasteiger partial charge in [-0.2, -0.15) is 0 Å². The predicted octanol–water partition coefficient (Wildman–Crippen LogP) is 5.36. The van der Waals surface area contributed by atoms with Crippen LogP contribution in [-0.2, 0) is 0 Å². The van der Waals surface area contributed by atoms with Crippen molar-refractivity contribution in [2.24, 2.45) is 0 Å². The van der Waals surface area contributed by atoms with E-state index in [0.717, 1.165) is 48.8 Å². The summed E-state index contributed by atoms with van der Waals surface area (Å²) in [4.78, 5) is 33.7. The molecule has 5 rings (SSSR count). The molecule has 7 nitrogen and oxygen atoms in total. The van der Waals surface area contributed by atoms with Crippen LogP contribution in [0.3, 0.4) is 0 Å². The van der Waals surface area contributed by atoms with E-state index in [9.17, 15) is 9.59 Å². The summed E-state index contributed by atoms with van der Waals surface area (Å²) in [6, 6.07) is 12.8. The summed E-state index contributed by atoms with van der Waals surface area (Å²) in [5.41, 5.74) is 1.90. The van der Waals surface area contributed by atoms with Crippen LogP contribution in [0.5, 0.6) is 0 Å². The number of thiazole rings is 1. The Morgan fingerprint density at radius 1 is 1.08 bits per heavy atom. The van der Waals surface area contributed by atoms with Crippen molar-refractivity contribution in [3.05, 3.63) is 65.2 Å². The number of fused-ring (bicyclic) bond motifs is 2. The molecular formula is C27H37N5O2S2. The summed E-state index contributed by atoms with van der Waals surface area (Å²) in [5, 5.41) is 8.97. The number of amides is 1. The molecule has 2 aliphatic rings. The molecule has 0 radical (unpaired) electrons. The van der Waals surface area contributed by atoms with Gasteiger partial charge < -0.3 is 20.4 Å². The second-order valence-electron chi connectivity index (χ2n) is 7.74. The van der Waals surface area contributed by atoms with Crippen molar-refractivity contribution in [3.8, 4) is 0 Å². The zero-order chi connectivity index (χ0) is 26.3. The van der Waals surface area contributed by atoms with Crippen molar-refractivity contribution in [2.75, 3.05) is 57.0 Å². The lowest BCUT2D eigenvalue weighted by atomic mass is 10.2. The number of hydrogen-bond acceptors (Lipinski definition) is 8. The quantitative estimate of drug-likeness (QED) is 0.444. The van der Waals surface area contributed by atoms with Gasteiger partial charge in [-0.25, -0.2) is 4.98 Å². The zero-order valence-corrected chi connectivity index (χ0v) is 23.4. The molecular weight excluding hydrogens is 490 g/mol. The molecule has 3 heterocycles. The number of carbonyl (C=O) groups is 2. The Balaban J connectivity index is 0.000000219. The van der Waals surface area contributed by atoms with E-state index in [1.165, 1.54) is 16.9 Å². The monoisotopic (exact) mass is 527 g/mol. The first-order valence-corrected chi connectivity index (χ1v) is 13.9. The molecule has 0 unspecified atom stereocenters. The van der Waals surface area contributed by atoms with Gasteiger partial charge in [-0.05, 0) is 44.9 Å². The maximum Gasteiger partial charge on any atom is 0.256 e. The molecule has 1 amide bonds. The number of benzene rings is 2. The van der Waals surface area contributed by atoms with Crippen LogP contribution < -0.4 is 15.5 Å². The fourth-order valence-corrected chi connectivity index (χ4v) is 4.94. The van der Waals surface area contributed by atoms with Gasteiger partial charge in [0.1, 0.15) is 6.29 Å². The number of hydrogen-bond donors (Lipinski definition) is 2. The number of nitrogens with one attached hydrogen (secondary N) is 2. The first kappa shape index (κ1) is 29.5. The summed E-state index contributed by atoms with van der Waals surface area (Å²) in [5.74, 6) is -0.139. The summed E-state index contributed by atoms with van der Waals surface area (Å²) < 4.78 is 0. The number of piperazine rings is 1. The van der Waals surface area contributed by atoms with Crippen molar-refractivity contribution in [1.82, 2.24) is 15.2 Å². The van der Waals surface area contributed by atoms with E-state index >= 15 is 0 Å². The Morgan fingerprint density at radius 3 is 2.39 bits per heavy atom. The third kappa shape index (κ3) is 8.74. The largest absolute Gasteiger partial charge is 0.346 e. The van der Waals surface area contributed by atoms with Crippen molar-refractivity contribution in [2.45, 2.75) is 30.6 Å². The average Bonchev–Trinajstić information content (AvgIpc) is 3.42. The average molecular weight is 528 g/mol. The van der Waals surface area contributed by atoms with Crippen LogP contribution in [0.2, 0.25) is 0 Å². The normalized spacial score (nSPS) is 14.1. The highest BCUT2D eigenvalue weighted by Crippen LogP contribution is 2.38. The molecule has 1 saturated heterocycles. The molecule has 1 fully saturated rings. The van der Waals surface area contributed by atoms with Gasteiger partial charge in [0.2, 0.25) is 0 Å². The molecule has 194 valence electrons. The molecule has 0 atom stereocenters. The smallest absolute Gasteiger partial charge is 0.256 e. The third-order valence-electron chi connectivity index (χ3n) is 5.29. The lowest BCUT2D eigenvalue weighted by Crippen LogP contribution is -2.44. The van der Waals surface area contributed by atoms with Crippen LogP contribution in [0.1, 0.15) is 41.5 Å². The van der Waals surface area contributed by atoms with Crippen molar-refractivity contribution >= 4 is 46.1 Å².